The Morgan fingerprint density at radius 2 is 1.80 bits per heavy atom. The molecule has 1 aliphatic rings. The Kier molecular flexibility index (Phi) is 4.18. The molecule has 106 valence electrons. The van der Waals surface area contributed by atoms with Crippen LogP contribution in [0, 0.1) is 0 Å². The van der Waals surface area contributed by atoms with Crippen molar-refractivity contribution in [2.24, 2.45) is 0 Å². The van der Waals surface area contributed by atoms with Gasteiger partial charge in [-0.25, -0.2) is 0 Å². The Balaban J connectivity index is 1.71. The molecule has 1 N–H and O–H groups in total. The normalized spacial score (nSPS) is 24.6. The molecule has 2 aromatic rings. The molecule has 1 heterocycles. The molecule has 1 unspecified atom stereocenters. The van der Waals surface area contributed by atoms with Gasteiger partial charge in [0.2, 0.25) is 0 Å². The van der Waals surface area contributed by atoms with Gasteiger partial charge in [-0.2, -0.15) is 0 Å². The Morgan fingerprint density at radius 3 is 2.55 bits per heavy atom. The molecule has 1 aliphatic heterocycles. The summed E-state index contributed by atoms with van der Waals surface area (Å²) < 4.78 is 11.4. The monoisotopic (exact) mass is 287 g/mol. The smallest absolute Gasteiger partial charge is 0.0294 e. The van der Waals surface area contributed by atoms with Gasteiger partial charge in [0, 0.05) is 34.4 Å². The SMILES string of the molecule is CC(NC1CCS(=O)CC1)c1ccc2ccccc2c1. The number of hydrogen-bond donors (Lipinski definition) is 1. The minimum absolute atomic E-state index is 0.344. The van der Waals surface area contributed by atoms with Crippen LogP contribution in [0.2, 0.25) is 0 Å². The summed E-state index contributed by atoms with van der Waals surface area (Å²) in [5.74, 6) is 1.70. The summed E-state index contributed by atoms with van der Waals surface area (Å²) >= 11 is 0. The van der Waals surface area contributed by atoms with Gasteiger partial charge in [0.25, 0.3) is 0 Å². The number of rotatable bonds is 3. The second kappa shape index (κ2) is 6.06. The topological polar surface area (TPSA) is 29.1 Å². The average molecular weight is 287 g/mol. The third-order valence-corrected chi connectivity index (χ3v) is 5.53. The molecule has 2 nitrogen and oxygen atoms in total. The van der Waals surface area contributed by atoms with Gasteiger partial charge in [0.1, 0.15) is 0 Å². The molecule has 0 saturated carbocycles. The summed E-state index contributed by atoms with van der Waals surface area (Å²) in [6.07, 6.45) is 2.06. The predicted molar refractivity (Wildman–Crippen MR) is 86.4 cm³/mol. The van der Waals surface area contributed by atoms with Crippen molar-refractivity contribution in [3.63, 3.8) is 0 Å². The van der Waals surface area contributed by atoms with Gasteiger partial charge < -0.3 is 5.32 Å². The van der Waals surface area contributed by atoms with Gasteiger partial charge in [-0.05, 0) is 42.2 Å². The predicted octanol–water partition coefficient (Wildman–Crippen LogP) is 3.40. The van der Waals surface area contributed by atoms with Crippen molar-refractivity contribution in [1.82, 2.24) is 5.32 Å². The van der Waals surface area contributed by atoms with E-state index in [1.54, 1.807) is 0 Å². The standard InChI is InChI=1S/C17H21NOS/c1-13(18-17-8-10-20(19)11-9-17)15-7-6-14-4-2-3-5-16(14)12-15/h2-7,12-13,17-18H,8-11H2,1H3. The van der Waals surface area contributed by atoms with E-state index in [-0.39, 0.29) is 0 Å². The molecule has 3 heteroatoms. The van der Waals surface area contributed by atoms with Crippen molar-refractivity contribution in [3.05, 3.63) is 48.0 Å². The van der Waals surface area contributed by atoms with Gasteiger partial charge >= 0.3 is 0 Å². The largest absolute Gasteiger partial charge is 0.307 e. The molecule has 1 atom stereocenters. The van der Waals surface area contributed by atoms with Crippen LogP contribution in [0.5, 0.6) is 0 Å². The Labute approximate surface area is 123 Å². The average Bonchev–Trinajstić information content (AvgIpc) is 2.49. The maximum Gasteiger partial charge on any atom is 0.0294 e. The van der Waals surface area contributed by atoms with Crippen LogP contribution < -0.4 is 5.32 Å². The van der Waals surface area contributed by atoms with Crippen molar-refractivity contribution in [2.45, 2.75) is 31.8 Å². The van der Waals surface area contributed by atoms with E-state index in [0.717, 1.165) is 24.3 Å². The van der Waals surface area contributed by atoms with Crippen LogP contribution in [0.1, 0.15) is 31.4 Å². The van der Waals surface area contributed by atoms with E-state index in [4.69, 9.17) is 0 Å². The third kappa shape index (κ3) is 3.10. The molecule has 20 heavy (non-hydrogen) atoms. The minimum atomic E-state index is -0.579. The molecule has 0 radical (unpaired) electrons. The molecule has 0 amide bonds. The molecule has 1 fully saturated rings. The summed E-state index contributed by atoms with van der Waals surface area (Å²) in [6.45, 7) is 2.22. The fourth-order valence-corrected chi connectivity index (χ4v) is 4.19. The lowest BCUT2D eigenvalue weighted by atomic mass is 10.0. The Hall–Kier alpha value is -1.19. The maximum atomic E-state index is 11.4. The zero-order chi connectivity index (χ0) is 13.9. The Bertz CT molecular complexity index is 615. The van der Waals surface area contributed by atoms with E-state index in [1.165, 1.54) is 16.3 Å². The van der Waals surface area contributed by atoms with E-state index in [0.29, 0.717) is 12.1 Å². The van der Waals surface area contributed by atoms with Crippen LogP contribution in [0.3, 0.4) is 0 Å². The zero-order valence-electron chi connectivity index (χ0n) is 11.8. The first kappa shape index (κ1) is 13.8. The molecular weight excluding hydrogens is 266 g/mol. The van der Waals surface area contributed by atoms with Crippen molar-refractivity contribution in [1.29, 1.82) is 0 Å². The van der Waals surface area contributed by atoms with Gasteiger partial charge in [-0.15, -0.1) is 0 Å². The molecule has 0 aliphatic carbocycles. The highest BCUT2D eigenvalue weighted by atomic mass is 32.2. The van der Waals surface area contributed by atoms with Crippen LogP contribution in [0.25, 0.3) is 10.8 Å². The fraction of sp³-hybridized carbons (Fsp3) is 0.412. The highest BCUT2D eigenvalue weighted by Crippen LogP contribution is 2.22. The molecule has 2 aromatic carbocycles. The van der Waals surface area contributed by atoms with Gasteiger partial charge in [0.15, 0.2) is 0 Å². The number of fused-ring (bicyclic) bond motifs is 1. The number of hydrogen-bond acceptors (Lipinski definition) is 2. The molecule has 0 aromatic heterocycles. The van der Waals surface area contributed by atoms with Gasteiger partial charge in [0.05, 0.1) is 0 Å². The number of benzene rings is 2. The first-order valence-electron chi connectivity index (χ1n) is 7.32. The fourth-order valence-electron chi connectivity index (χ4n) is 2.89. The molecule has 3 rings (SSSR count). The first-order chi connectivity index (χ1) is 9.72. The van der Waals surface area contributed by atoms with Crippen molar-refractivity contribution < 1.29 is 4.21 Å². The van der Waals surface area contributed by atoms with Crippen molar-refractivity contribution >= 4 is 21.6 Å². The zero-order valence-corrected chi connectivity index (χ0v) is 12.7. The maximum absolute atomic E-state index is 11.4. The van der Waals surface area contributed by atoms with Gasteiger partial charge in [-0.1, -0.05) is 36.4 Å². The first-order valence-corrected chi connectivity index (χ1v) is 8.81. The lowest BCUT2D eigenvalue weighted by Gasteiger charge is -2.26. The summed E-state index contributed by atoms with van der Waals surface area (Å²) in [6, 6.07) is 16.0. The van der Waals surface area contributed by atoms with Crippen molar-refractivity contribution in [2.75, 3.05) is 11.5 Å². The lowest BCUT2D eigenvalue weighted by molar-refractivity contribution is 0.427. The van der Waals surface area contributed by atoms with Crippen LogP contribution in [0.4, 0.5) is 0 Å². The van der Waals surface area contributed by atoms with Gasteiger partial charge in [-0.3, -0.25) is 4.21 Å². The second-order valence-corrected chi connectivity index (χ2v) is 7.31. The summed E-state index contributed by atoms with van der Waals surface area (Å²) in [5, 5.41) is 6.27. The highest BCUT2D eigenvalue weighted by Gasteiger charge is 2.19. The molecular formula is C17H21NOS. The van der Waals surface area contributed by atoms with Crippen LogP contribution in [-0.2, 0) is 10.8 Å². The molecule has 0 bridgehead atoms. The summed E-state index contributed by atoms with van der Waals surface area (Å²) in [7, 11) is -0.579. The lowest BCUT2D eigenvalue weighted by Crippen LogP contribution is -2.37. The molecule has 1 saturated heterocycles. The second-order valence-electron chi connectivity index (χ2n) is 5.62. The van der Waals surface area contributed by atoms with Crippen molar-refractivity contribution in [3.8, 4) is 0 Å². The third-order valence-electron chi connectivity index (χ3n) is 4.15. The van der Waals surface area contributed by atoms with E-state index >= 15 is 0 Å². The Morgan fingerprint density at radius 1 is 1.10 bits per heavy atom. The van der Waals surface area contributed by atoms with E-state index in [2.05, 4.69) is 54.7 Å². The van der Waals surface area contributed by atoms with E-state index in [9.17, 15) is 4.21 Å². The summed E-state index contributed by atoms with van der Waals surface area (Å²) in [5.41, 5.74) is 1.33. The molecule has 0 spiro atoms. The van der Waals surface area contributed by atoms with E-state index in [1.807, 2.05) is 0 Å². The highest BCUT2D eigenvalue weighted by molar-refractivity contribution is 7.85. The van der Waals surface area contributed by atoms with Crippen LogP contribution in [0.15, 0.2) is 42.5 Å². The quantitative estimate of drug-likeness (QED) is 0.937. The summed E-state index contributed by atoms with van der Waals surface area (Å²) in [4.78, 5) is 0. The number of nitrogens with one attached hydrogen (secondary N) is 1. The van der Waals surface area contributed by atoms with Crippen LogP contribution >= 0.6 is 0 Å². The van der Waals surface area contributed by atoms with Crippen LogP contribution in [-0.4, -0.2) is 21.8 Å². The minimum Gasteiger partial charge on any atom is -0.307 e. The van der Waals surface area contributed by atoms with E-state index < -0.39 is 10.8 Å².